The second-order valence-corrected chi connectivity index (χ2v) is 22.8. The predicted octanol–water partition coefficient (Wildman–Crippen LogP) is -3.74. The molecule has 82 heavy (non-hydrogen) atoms. The van der Waals surface area contributed by atoms with Crippen LogP contribution in [0.3, 0.4) is 0 Å². The molecule has 5 amide bonds. The molecule has 0 spiro atoms. The Balaban J connectivity index is 1.73. The molecule has 460 valence electrons. The Kier molecular flexibility index (Phi) is 32.9. The zero-order chi connectivity index (χ0) is 61.1. The first-order chi connectivity index (χ1) is 38.8. The van der Waals surface area contributed by atoms with Crippen molar-refractivity contribution in [1.29, 1.82) is 0 Å². The van der Waals surface area contributed by atoms with Gasteiger partial charge in [0.15, 0.2) is 0 Å². The number of halogens is 3. The molecule has 33 heteroatoms. The Hall–Kier alpha value is -4.58. The van der Waals surface area contributed by atoms with Crippen LogP contribution < -0.4 is 26.2 Å². The van der Waals surface area contributed by atoms with E-state index in [1.54, 1.807) is 29.4 Å². The molecule has 0 bridgehead atoms. The van der Waals surface area contributed by atoms with Gasteiger partial charge < -0.3 is 56.4 Å². The van der Waals surface area contributed by atoms with Crippen LogP contribution in [0.25, 0.3) is 0 Å². The van der Waals surface area contributed by atoms with Gasteiger partial charge in [-0.05, 0) is 74.7 Å². The normalized spacial score (nSPS) is 17.0. The maximum atomic E-state index is 14.1. The van der Waals surface area contributed by atoms with Gasteiger partial charge in [0, 0.05) is 149 Å². The van der Waals surface area contributed by atoms with Crippen LogP contribution in [0.15, 0.2) is 0 Å². The number of nitrogens with one attached hydrogen (secondary N) is 4. The van der Waals surface area contributed by atoms with E-state index in [1.165, 1.54) is 26.0 Å². The average Bonchev–Trinajstić information content (AvgIpc) is 3.59. The van der Waals surface area contributed by atoms with E-state index in [0.717, 1.165) is 0 Å². The molecule has 2 aliphatic heterocycles. The van der Waals surface area contributed by atoms with Crippen molar-refractivity contribution in [2.24, 2.45) is 0 Å². The molecule has 3 rings (SSSR count). The third-order valence-electron chi connectivity index (χ3n) is 13.0. The van der Waals surface area contributed by atoms with Crippen molar-refractivity contribution >= 4 is 139 Å². The van der Waals surface area contributed by atoms with Gasteiger partial charge in [-0.2, -0.15) is 0 Å². The van der Waals surface area contributed by atoms with Crippen molar-refractivity contribution in [2.45, 2.75) is 6.92 Å². The molecule has 0 atom stereocenters. The number of benzene rings is 1. The fraction of sp³-hybridized carbons (Fsp3) is 0.653. The molecule has 2 fully saturated rings. The third kappa shape index (κ3) is 27.0. The number of anilines is 1. The number of likely N-dealkylation sites (N-methyl/N-ethyl adjacent to an activating group) is 1. The maximum Gasteiger partial charge on any atom is 0.317 e. The Morgan fingerprint density at radius 1 is 0.415 bits per heavy atom. The SMILES string of the molecule is COCC(=O)N(C)c1c(I)c(C(=O)NCCNC(=O)CN2CCN(CC(C)=O)CCN(CC(=O)O)CCN(CC(=O)O)CC2)c(I)c(C(=O)NCCNC(=O)CN2CCN(CC(=O)O)CCN(CC(=O)O)CCN(CC(=O)O)CC2)c1I. The highest BCUT2D eigenvalue weighted by Gasteiger charge is 2.31. The van der Waals surface area contributed by atoms with Gasteiger partial charge in [-0.15, -0.1) is 0 Å². The van der Waals surface area contributed by atoms with Crippen molar-refractivity contribution < 1.29 is 83.0 Å². The van der Waals surface area contributed by atoms with Gasteiger partial charge in [-0.25, -0.2) is 0 Å². The number of carboxylic acid groups (broad SMARTS) is 5. The van der Waals surface area contributed by atoms with E-state index in [-0.39, 0.29) is 190 Å². The number of rotatable bonds is 27. The van der Waals surface area contributed by atoms with E-state index < -0.39 is 59.4 Å². The predicted molar refractivity (Wildman–Crippen MR) is 321 cm³/mol. The number of aliphatic carboxylic acids is 5. The number of hydrogen-bond donors (Lipinski definition) is 9. The van der Waals surface area contributed by atoms with Crippen LogP contribution in [0.5, 0.6) is 0 Å². The monoisotopic (exact) mass is 1500 g/mol. The minimum atomic E-state index is -1.09. The van der Waals surface area contributed by atoms with E-state index in [0.29, 0.717) is 33.3 Å². The number of ketones is 1. The lowest BCUT2D eigenvalue weighted by Crippen LogP contribution is -2.50. The van der Waals surface area contributed by atoms with Crippen LogP contribution in [-0.2, 0) is 47.9 Å². The largest absolute Gasteiger partial charge is 0.480 e. The summed E-state index contributed by atoms with van der Waals surface area (Å²) >= 11 is 5.74. The minimum Gasteiger partial charge on any atom is -0.480 e. The molecule has 30 nitrogen and oxygen atoms in total. The lowest BCUT2D eigenvalue weighted by molar-refractivity contribution is -0.140. The highest BCUT2D eigenvalue weighted by Crippen LogP contribution is 2.37. The first-order valence-electron chi connectivity index (χ1n) is 26.2. The van der Waals surface area contributed by atoms with Crippen LogP contribution in [-0.4, -0.2) is 334 Å². The summed E-state index contributed by atoms with van der Waals surface area (Å²) in [6, 6.07) is 0. The number of ether oxygens (including phenoxy) is 1. The van der Waals surface area contributed by atoms with E-state index in [4.69, 9.17) is 4.74 Å². The lowest BCUT2D eigenvalue weighted by Gasteiger charge is -2.33. The molecule has 0 saturated carbocycles. The maximum absolute atomic E-state index is 14.1. The van der Waals surface area contributed by atoms with Gasteiger partial charge in [0.1, 0.15) is 12.4 Å². The van der Waals surface area contributed by atoms with Crippen molar-refractivity contribution in [1.82, 2.24) is 60.5 Å². The minimum absolute atomic E-state index is 0.0196. The van der Waals surface area contributed by atoms with E-state index in [2.05, 4.69) is 21.3 Å². The van der Waals surface area contributed by atoms with E-state index >= 15 is 0 Å². The van der Waals surface area contributed by atoms with Gasteiger partial charge in [-0.3, -0.25) is 91.9 Å². The third-order valence-corrected chi connectivity index (χ3v) is 16.2. The Bertz CT molecular complexity index is 2200. The number of carbonyl (C=O) groups excluding carboxylic acids is 6. The van der Waals surface area contributed by atoms with Crippen LogP contribution in [0.1, 0.15) is 27.6 Å². The van der Waals surface area contributed by atoms with Crippen molar-refractivity contribution in [3.8, 4) is 0 Å². The second-order valence-electron chi connectivity index (χ2n) is 19.5. The van der Waals surface area contributed by atoms with E-state index in [1.807, 2.05) is 77.6 Å². The molecular weight excluding hydrogens is 1420 g/mol. The Labute approximate surface area is 516 Å². The first-order valence-corrected chi connectivity index (χ1v) is 29.4. The Morgan fingerprint density at radius 2 is 0.659 bits per heavy atom. The van der Waals surface area contributed by atoms with Crippen molar-refractivity contribution in [3.63, 3.8) is 0 Å². The number of methoxy groups -OCH3 is 1. The van der Waals surface area contributed by atoms with Crippen LogP contribution in [0, 0.1) is 10.7 Å². The van der Waals surface area contributed by atoms with Gasteiger partial charge in [0.2, 0.25) is 11.8 Å². The van der Waals surface area contributed by atoms with Gasteiger partial charge in [0.25, 0.3) is 17.7 Å². The number of nitrogens with zero attached hydrogens (tertiary/aromatic N) is 9. The van der Waals surface area contributed by atoms with Crippen LogP contribution >= 0.6 is 67.8 Å². The molecular formula is C49H76I3N13O17. The first kappa shape index (κ1) is 71.7. The molecule has 9 N–H and O–H groups in total. The molecule has 1 aromatic rings. The van der Waals surface area contributed by atoms with Crippen LogP contribution in [0.4, 0.5) is 5.69 Å². The fourth-order valence-corrected chi connectivity index (χ4v) is 13.7. The zero-order valence-corrected chi connectivity index (χ0v) is 52.8. The van der Waals surface area contributed by atoms with Gasteiger partial charge >= 0.3 is 29.8 Å². The molecule has 1 aromatic carbocycles. The summed E-state index contributed by atoms with van der Waals surface area (Å²) in [6.07, 6.45) is 0. The second kappa shape index (κ2) is 37.7. The van der Waals surface area contributed by atoms with Gasteiger partial charge in [-0.1, -0.05) is 0 Å². The van der Waals surface area contributed by atoms with E-state index in [9.17, 15) is 78.3 Å². The number of carbonyl (C=O) groups is 11. The molecule has 2 heterocycles. The number of hydrogen-bond acceptors (Lipinski definition) is 20. The summed E-state index contributed by atoms with van der Waals surface area (Å²) in [5.74, 6) is -8.02. The summed E-state index contributed by atoms with van der Waals surface area (Å²) in [5, 5.41) is 58.8. The van der Waals surface area contributed by atoms with Crippen molar-refractivity contribution in [2.75, 3.05) is 209 Å². The summed E-state index contributed by atoms with van der Waals surface area (Å²) in [4.78, 5) is 154. The fourth-order valence-electron chi connectivity index (χ4n) is 8.83. The smallest absolute Gasteiger partial charge is 0.317 e. The summed E-state index contributed by atoms with van der Waals surface area (Å²) in [6.45, 7) is 3.38. The van der Waals surface area contributed by atoms with Crippen molar-refractivity contribution in [3.05, 3.63) is 21.8 Å². The van der Waals surface area contributed by atoms with Gasteiger partial charge in [0.05, 0.1) is 76.3 Å². The quantitative estimate of drug-likeness (QED) is 0.0302. The van der Waals surface area contributed by atoms with Crippen LogP contribution in [0.2, 0.25) is 0 Å². The molecule has 0 unspecified atom stereocenters. The summed E-state index contributed by atoms with van der Waals surface area (Å²) in [5.41, 5.74) is 0.381. The number of amides is 5. The average molecular weight is 1500 g/mol. The molecule has 0 aromatic heterocycles. The Morgan fingerprint density at radius 3 is 0.902 bits per heavy atom. The standard InChI is InChI=1S/C49H76I3N13O17/c1-33(66)24-58-8-10-59(11-15-62(28-38(72)73)19-18-61(14-9-58)27-37(70)71)25-34(67)53-4-6-55-48(80)42-44(50)43(46(52)47(45(42)51)57(2)36(69)32-82-3)49(81)56-7-5-54-35(68)26-60-12-16-63(29-39(74)75)20-22-65(31-41(78)79)23-21-64(17-13-60)30-40(76)77/h4-32H2,1-3H3,(H,53,67)(H,54,68)(H,55,80)(H,56,81)(H,70,71)(H,72,73)(H,74,75)(H,76,77)(H,78,79). The lowest BCUT2D eigenvalue weighted by atomic mass is 10.1. The number of Topliss-reactive ketones (excluding diaryl/α,β-unsaturated/α-hetero) is 1. The topological polar surface area (TPSA) is 375 Å². The highest BCUT2D eigenvalue weighted by molar-refractivity contribution is 14.1. The molecule has 2 saturated heterocycles. The molecule has 0 aliphatic carbocycles. The highest BCUT2D eigenvalue weighted by atomic mass is 127. The number of carboxylic acids is 5. The summed E-state index contributed by atoms with van der Waals surface area (Å²) < 4.78 is 5.99. The molecule has 0 radical (unpaired) electrons. The summed E-state index contributed by atoms with van der Waals surface area (Å²) in [7, 11) is 2.82. The molecule has 2 aliphatic rings. The zero-order valence-electron chi connectivity index (χ0n) is 46.3.